The van der Waals surface area contributed by atoms with Crippen molar-refractivity contribution >= 4 is 22.7 Å². The molecule has 1 aromatic heterocycles. The number of hydrogen-bond donors (Lipinski definition) is 1. The van der Waals surface area contributed by atoms with Crippen molar-refractivity contribution in [2.24, 2.45) is 0 Å². The molecular weight excluding hydrogens is 271 g/mol. The lowest BCUT2D eigenvalue weighted by Gasteiger charge is -2.00. The second kappa shape index (κ2) is 5.20. The lowest BCUT2D eigenvalue weighted by Crippen LogP contribution is -2.06. The molecule has 0 radical (unpaired) electrons. The van der Waals surface area contributed by atoms with Gasteiger partial charge >= 0.3 is 0 Å². The van der Waals surface area contributed by atoms with Crippen LogP contribution in [0.3, 0.4) is 0 Å². The summed E-state index contributed by atoms with van der Waals surface area (Å²) in [5.41, 5.74) is 2.47. The number of hydrogen-bond acceptors (Lipinski definition) is 3. The average molecular weight is 282 g/mol. The van der Waals surface area contributed by atoms with E-state index in [1.165, 1.54) is 18.2 Å². The molecular formula is C16H11FN2O2. The van der Waals surface area contributed by atoms with Gasteiger partial charge in [0, 0.05) is 17.3 Å². The maximum absolute atomic E-state index is 12.9. The number of rotatable bonds is 3. The first-order chi connectivity index (χ1) is 10.2. The van der Waals surface area contributed by atoms with Crippen LogP contribution in [-0.2, 0) is 4.79 Å². The molecule has 0 saturated carbocycles. The fourth-order valence-corrected chi connectivity index (χ4v) is 1.91. The van der Waals surface area contributed by atoms with Gasteiger partial charge in [-0.15, -0.1) is 0 Å². The van der Waals surface area contributed by atoms with E-state index >= 15 is 0 Å². The van der Waals surface area contributed by atoms with E-state index in [-0.39, 0.29) is 11.7 Å². The lowest BCUT2D eigenvalue weighted by molar-refractivity contribution is -0.111. The molecule has 0 saturated heterocycles. The third kappa shape index (κ3) is 2.67. The van der Waals surface area contributed by atoms with E-state index in [1.807, 2.05) is 0 Å². The zero-order valence-corrected chi connectivity index (χ0v) is 11.0. The Morgan fingerprint density at radius 1 is 1.24 bits per heavy atom. The van der Waals surface area contributed by atoms with Crippen molar-refractivity contribution < 1.29 is 13.6 Å². The average Bonchev–Trinajstić information content (AvgIpc) is 2.91. The smallest absolute Gasteiger partial charge is 0.247 e. The predicted octanol–water partition coefficient (Wildman–Crippen LogP) is 3.76. The summed E-state index contributed by atoms with van der Waals surface area (Å²) in [5.74, 6) is -0.214. The van der Waals surface area contributed by atoms with Gasteiger partial charge in [0.15, 0.2) is 5.58 Å². The molecule has 0 unspecified atom stereocenters. The molecule has 1 amide bonds. The standard InChI is InChI=1S/C16H11FN2O2/c1-2-15(20)18-12-7-8-13-14(9-12)21-16(19-13)10-3-5-11(17)6-4-10/h2-9H,1H2,(H,18,20). The van der Waals surface area contributed by atoms with E-state index in [2.05, 4.69) is 16.9 Å². The minimum Gasteiger partial charge on any atom is -0.436 e. The molecule has 0 bridgehead atoms. The SMILES string of the molecule is C=CC(=O)Nc1ccc2nc(-c3ccc(F)cc3)oc2c1. The van der Waals surface area contributed by atoms with E-state index in [9.17, 15) is 9.18 Å². The van der Waals surface area contributed by atoms with Gasteiger partial charge in [0.05, 0.1) is 0 Å². The molecule has 2 aromatic carbocycles. The second-order valence-electron chi connectivity index (χ2n) is 4.40. The number of aromatic nitrogens is 1. The van der Waals surface area contributed by atoms with Crippen LogP contribution in [0.25, 0.3) is 22.6 Å². The van der Waals surface area contributed by atoms with Gasteiger partial charge < -0.3 is 9.73 Å². The monoisotopic (exact) mass is 282 g/mol. The number of nitrogens with one attached hydrogen (secondary N) is 1. The van der Waals surface area contributed by atoms with Gasteiger partial charge in [-0.1, -0.05) is 6.58 Å². The van der Waals surface area contributed by atoms with Crippen molar-refractivity contribution in [1.29, 1.82) is 0 Å². The van der Waals surface area contributed by atoms with Crippen molar-refractivity contribution in [2.45, 2.75) is 0 Å². The number of oxazole rings is 1. The molecule has 3 aromatic rings. The summed E-state index contributed by atoms with van der Waals surface area (Å²) in [6.07, 6.45) is 1.19. The van der Waals surface area contributed by atoms with E-state index in [4.69, 9.17) is 4.42 Å². The Bertz CT molecular complexity index is 822. The molecule has 0 spiro atoms. The Morgan fingerprint density at radius 3 is 2.71 bits per heavy atom. The van der Waals surface area contributed by atoms with Crippen LogP contribution in [0.4, 0.5) is 10.1 Å². The zero-order valence-electron chi connectivity index (χ0n) is 11.0. The van der Waals surface area contributed by atoms with Crippen molar-refractivity contribution in [3.05, 3.63) is 60.9 Å². The van der Waals surface area contributed by atoms with Gasteiger partial charge in [-0.25, -0.2) is 9.37 Å². The highest BCUT2D eigenvalue weighted by atomic mass is 19.1. The topological polar surface area (TPSA) is 55.1 Å². The summed E-state index contributed by atoms with van der Waals surface area (Å²) in [5, 5.41) is 2.65. The van der Waals surface area contributed by atoms with Crippen molar-refractivity contribution in [3.8, 4) is 11.5 Å². The summed E-state index contributed by atoms with van der Waals surface area (Å²) < 4.78 is 18.6. The predicted molar refractivity (Wildman–Crippen MR) is 78.2 cm³/mol. The first-order valence-electron chi connectivity index (χ1n) is 6.25. The first kappa shape index (κ1) is 13.1. The quantitative estimate of drug-likeness (QED) is 0.744. The van der Waals surface area contributed by atoms with Crippen LogP contribution in [0.5, 0.6) is 0 Å². The zero-order chi connectivity index (χ0) is 14.8. The van der Waals surface area contributed by atoms with Crippen molar-refractivity contribution in [2.75, 3.05) is 5.32 Å². The lowest BCUT2D eigenvalue weighted by atomic mass is 10.2. The van der Waals surface area contributed by atoms with Crippen LogP contribution < -0.4 is 5.32 Å². The molecule has 0 aliphatic heterocycles. The number of amides is 1. The number of fused-ring (bicyclic) bond motifs is 1. The second-order valence-corrected chi connectivity index (χ2v) is 4.40. The van der Waals surface area contributed by atoms with Crippen LogP contribution in [0.2, 0.25) is 0 Å². The number of carbonyl (C=O) groups excluding carboxylic acids is 1. The first-order valence-corrected chi connectivity index (χ1v) is 6.25. The highest BCUT2D eigenvalue weighted by Gasteiger charge is 2.09. The molecule has 5 heteroatoms. The Hall–Kier alpha value is -2.95. The van der Waals surface area contributed by atoms with E-state index in [1.54, 1.807) is 30.3 Å². The summed E-state index contributed by atoms with van der Waals surface area (Å²) in [6, 6.07) is 11.0. The number of nitrogens with zero attached hydrogens (tertiary/aromatic N) is 1. The molecule has 104 valence electrons. The van der Waals surface area contributed by atoms with Crippen molar-refractivity contribution in [1.82, 2.24) is 4.98 Å². The van der Waals surface area contributed by atoms with Gasteiger partial charge in [-0.2, -0.15) is 0 Å². The fraction of sp³-hybridized carbons (Fsp3) is 0. The number of benzene rings is 2. The molecule has 3 rings (SSSR count). The Balaban J connectivity index is 1.98. The summed E-state index contributed by atoms with van der Waals surface area (Å²) in [6.45, 7) is 3.39. The summed E-state index contributed by atoms with van der Waals surface area (Å²) >= 11 is 0. The third-order valence-electron chi connectivity index (χ3n) is 2.93. The molecule has 0 aliphatic rings. The van der Waals surface area contributed by atoms with E-state index in [0.29, 0.717) is 28.2 Å². The maximum atomic E-state index is 12.9. The van der Waals surface area contributed by atoms with Gasteiger partial charge in [0.2, 0.25) is 11.8 Å². The van der Waals surface area contributed by atoms with Crippen LogP contribution in [0.1, 0.15) is 0 Å². The number of anilines is 1. The number of halogens is 1. The molecule has 1 N–H and O–H groups in total. The fourth-order valence-electron chi connectivity index (χ4n) is 1.91. The van der Waals surface area contributed by atoms with Crippen molar-refractivity contribution in [3.63, 3.8) is 0 Å². The Kier molecular flexibility index (Phi) is 3.23. The minimum atomic E-state index is -0.315. The minimum absolute atomic E-state index is 0.298. The molecule has 21 heavy (non-hydrogen) atoms. The largest absolute Gasteiger partial charge is 0.436 e. The Labute approximate surface area is 119 Å². The highest BCUT2D eigenvalue weighted by Crippen LogP contribution is 2.26. The van der Waals surface area contributed by atoms with E-state index < -0.39 is 0 Å². The third-order valence-corrected chi connectivity index (χ3v) is 2.93. The maximum Gasteiger partial charge on any atom is 0.247 e. The van der Waals surface area contributed by atoms with Gasteiger partial charge in [-0.05, 0) is 42.5 Å². The summed E-state index contributed by atoms with van der Waals surface area (Å²) in [4.78, 5) is 15.6. The summed E-state index contributed by atoms with van der Waals surface area (Å²) in [7, 11) is 0. The molecule has 0 atom stereocenters. The normalized spacial score (nSPS) is 10.5. The van der Waals surface area contributed by atoms with Gasteiger partial charge in [0.1, 0.15) is 11.3 Å². The van der Waals surface area contributed by atoms with Gasteiger partial charge in [-0.3, -0.25) is 4.79 Å². The van der Waals surface area contributed by atoms with Crippen LogP contribution >= 0.6 is 0 Å². The van der Waals surface area contributed by atoms with E-state index in [0.717, 1.165) is 0 Å². The number of carbonyl (C=O) groups is 1. The highest BCUT2D eigenvalue weighted by molar-refractivity contribution is 5.99. The Morgan fingerprint density at radius 2 is 2.00 bits per heavy atom. The molecule has 1 heterocycles. The van der Waals surface area contributed by atoms with Gasteiger partial charge in [0.25, 0.3) is 0 Å². The van der Waals surface area contributed by atoms with Crippen LogP contribution in [0.15, 0.2) is 59.5 Å². The molecule has 0 aliphatic carbocycles. The molecule has 4 nitrogen and oxygen atoms in total. The molecule has 0 fully saturated rings. The van der Waals surface area contributed by atoms with Crippen LogP contribution in [-0.4, -0.2) is 10.9 Å². The van der Waals surface area contributed by atoms with Crippen LogP contribution in [0, 0.1) is 5.82 Å².